The van der Waals surface area contributed by atoms with Gasteiger partial charge in [0.25, 0.3) is 0 Å². The summed E-state index contributed by atoms with van der Waals surface area (Å²) in [7, 11) is 0. The van der Waals surface area contributed by atoms with Gasteiger partial charge in [0.2, 0.25) is 0 Å². The third-order valence-electron chi connectivity index (χ3n) is 3.62. The molecule has 2 rings (SSSR count). The lowest BCUT2D eigenvalue weighted by Crippen LogP contribution is -2.53. The molecule has 4 heteroatoms. The molecule has 0 aliphatic carbocycles. The van der Waals surface area contributed by atoms with Crippen molar-refractivity contribution in [1.82, 2.24) is 4.90 Å². The SMILES string of the molecule is CC(c1cc(F)ccc1O)N1CCOCC1(C)C. The quantitative estimate of drug-likeness (QED) is 0.879. The Labute approximate surface area is 107 Å². The summed E-state index contributed by atoms with van der Waals surface area (Å²) in [5, 5.41) is 9.88. The summed E-state index contributed by atoms with van der Waals surface area (Å²) >= 11 is 0. The van der Waals surface area contributed by atoms with Crippen LogP contribution in [-0.2, 0) is 4.74 Å². The molecule has 1 unspecified atom stereocenters. The summed E-state index contributed by atoms with van der Waals surface area (Å²) in [6.07, 6.45) is 0. The van der Waals surface area contributed by atoms with E-state index in [4.69, 9.17) is 4.74 Å². The van der Waals surface area contributed by atoms with Gasteiger partial charge in [0.15, 0.2) is 0 Å². The van der Waals surface area contributed by atoms with E-state index in [9.17, 15) is 9.50 Å². The maximum absolute atomic E-state index is 13.3. The van der Waals surface area contributed by atoms with Crippen molar-refractivity contribution in [2.75, 3.05) is 19.8 Å². The Morgan fingerprint density at radius 1 is 1.44 bits per heavy atom. The zero-order chi connectivity index (χ0) is 13.3. The number of morpholine rings is 1. The van der Waals surface area contributed by atoms with Crippen molar-refractivity contribution in [3.8, 4) is 5.75 Å². The lowest BCUT2D eigenvalue weighted by molar-refractivity contribution is -0.0699. The summed E-state index contributed by atoms with van der Waals surface area (Å²) in [5.41, 5.74) is 0.515. The number of aromatic hydroxyl groups is 1. The van der Waals surface area contributed by atoms with Crippen molar-refractivity contribution in [3.63, 3.8) is 0 Å². The van der Waals surface area contributed by atoms with Gasteiger partial charge in [-0.1, -0.05) is 0 Å². The molecule has 100 valence electrons. The smallest absolute Gasteiger partial charge is 0.123 e. The number of nitrogens with zero attached hydrogens (tertiary/aromatic N) is 1. The van der Waals surface area contributed by atoms with Gasteiger partial charge >= 0.3 is 0 Å². The largest absolute Gasteiger partial charge is 0.508 e. The molecular formula is C14H20FNO2. The van der Waals surface area contributed by atoms with Gasteiger partial charge in [0, 0.05) is 23.7 Å². The Balaban J connectivity index is 2.29. The van der Waals surface area contributed by atoms with E-state index in [0.717, 1.165) is 6.54 Å². The maximum atomic E-state index is 13.3. The Kier molecular flexibility index (Phi) is 3.59. The lowest BCUT2D eigenvalue weighted by atomic mass is 9.96. The van der Waals surface area contributed by atoms with Gasteiger partial charge in [-0.3, -0.25) is 4.90 Å². The monoisotopic (exact) mass is 253 g/mol. The van der Waals surface area contributed by atoms with Gasteiger partial charge in [-0.15, -0.1) is 0 Å². The van der Waals surface area contributed by atoms with Crippen molar-refractivity contribution in [2.24, 2.45) is 0 Å². The topological polar surface area (TPSA) is 32.7 Å². The van der Waals surface area contributed by atoms with Crippen molar-refractivity contribution in [2.45, 2.75) is 32.4 Å². The molecule has 1 fully saturated rings. The van der Waals surface area contributed by atoms with E-state index >= 15 is 0 Å². The molecular weight excluding hydrogens is 233 g/mol. The van der Waals surface area contributed by atoms with Gasteiger partial charge in [0.1, 0.15) is 11.6 Å². The van der Waals surface area contributed by atoms with Gasteiger partial charge in [-0.25, -0.2) is 4.39 Å². The highest BCUT2D eigenvalue weighted by Crippen LogP contribution is 2.34. The zero-order valence-electron chi connectivity index (χ0n) is 11.1. The van der Waals surface area contributed by atoms with Crippen molar-refractivity contribution in [3.05, 3.63) is 29.6 Å². The Hall–Kier alpha value is -1.13. The minimum Gasteiger partial charge on any atom is -0.508 e. The summed E-state index contributed by atoms with van der Waals surface area (Å²) in [4.78, 5) is 2.24. The molecule has 0 bridgehead atoms. The Morgan fingerprint density at radius 3 is 2.83 bits per heavy atom. The summed E-state index contributed by atoms with van der Waals surface area (Å²) in [6.45, 7) is 8.28. The second-order valence-electron chi connectivity index (χ2n) is 5.44. The van der Waals surface area contributed by atoms with Gasteiger partial charge in [-0.2, -0.15) is 0 Å². The summed E-state index contributed by atoms with van der Waals surface area (Å²) in [5.74, 6) is -0.174. The molecule has 1 atom stereocenters. The minimum absolute atomic E-state index is 0.0420. The van der Waals surface area contributed by atoms with Crippen LogP contribution in [0.4, 0.5) is 4.39 Å². The van der Waals surface area contributed by atoms with Crippen LogP contribution < -0.4 is 0 Å². The Bertz CT molecular complexity index is 434. The predicted molar refractivity (Wildman–Crippen MR) is 68.1 cm³/mol. The number of phenolic OH excluding ortho intramolecular Hbond substituents is 1. The van der Waals surface area contributed by atoms with Crippen LogP contribution in [0.1, 0.15) is 32.4 Å². The van der Waals surface area contributed by atoms with Crippen LogP contribution in [0.15, 0.2) is 18.2 Å². The number of hydrogen-bond acceptors (Lipinski definition) is 3. The molecule has 1 aliphatic rings. The molecule has 0 aromatic heterocycles. The van der Waals surface area contributed by atoms with E-state index in [0.29, 0.717) is 18.8 Å². The van der Waals surface area contributed by atoms with Crippen molar-refractivity contribution < 1.29 is 14.2 Å². The first-order valence-electron chi connectivity index (χ1n) is 6.25. The number of rotatable bonds is 2. The number of hydrogen-bond donors (Lipinski definition) is 1. The standard InChI is InChI=1S/C14H20FNO2/c1-10(12-8-11(15)4-5-13(12)17)16-6-7-18-9-14(16,2)3/h4-5,8,10,17H,6-7,9H2,1-3H3. The minimum atomic E-state index is -0.319. The first kappa shape index (κ1) is 13.3. The van der Waals surface area contributed by atoms with E-state index in [-0.39, 0.29) is 23.1 Å². The first-order valence-corrected chi connectivity index (χ1v) is 6.25. The predicted octanol–water partition coefficient (Wildman–Crippen LogP) is 2.70. The van der Waals surface area contributed by atoms with Crippen LogP contribution in [0.3, 0.4) is 0 Å². The third kappa shape index (κ3) is 2.49. The molecule has 1 aliphatic heterocycles. The normalized spacial score (nSPS) is 21.8. The summed E-state index contributed by atoms with van der Waals surface area (Å²) in [6, 6.07) is 4.05. The number of benzene rings is 1. The molecule has 1 aromatic carbocycles. The maximum Gasteiger partial charge on any atom is 0.123 e. The van der Waals surface area contributed by atoms with Crippen molar-refractivity contribution in [1.29, 1.82) is 0 Å². The van der Waals surface area contributed by atoms with Crippen LogP contribution in [0.25, 0.3) is 0 Å². The van der Waals surface area contributed by atoms with Crippen LogP contribution >= 0.6 is 0 Å². The fraction of sp³-hybridized carbons (Fsp3) is 0.571. The number of ether oxygens (including phenoxy) is 1. The first-order chi connectivity index (χ1) is 8.42. The molecule has 1 aromatic rings. The van der Waals surface area contributed by atoms with Crippen LogP contribution in [0.5, 0.6) is 5.75 Å². The molecule has 0 radical (unpaired) electrons. The van der Waals surface area contributed by atoms with Gasteiger partial charge < -0.3 is 9.84 Å². The number of phenols is 1. The molecule has 0 saturated carbocycles. The molecule has 0 spiro atoms. The van der Waals surface area contributed by atoms with Crippen LogP contribution in [-0.4, -0.2) is 35.3 Å². The molecule has 0 amide bonds. The highest BCUT2D eigenvalue weighted by atomic mass is 19.1. The van der Waals surface area contributed by atoms with E-state index in [1.54, 1.807) is 0 Å². The molecule has 3 nitrogen and oxygen atoms in total. The number of halogens is 1. The van der Waals surface area contributed by atoms with Gasteiger partial charge in [-0.05, 0) is 39.0 Å². The fourth-order valence-electron chi connectivity index (χ4n) is 2.62. The molecule has 1 N–H and O–H groups in total. The zero-order valence-corrected chi connectivity index (χ0v) is 11.1. The van der Waals surface area contributed by atoms with Crippen LogP contribution in [0.2, 0.25) is 0 Å². The third-order valence-corrected chi connectivity index (χ3v) is 3.62. The second kappa shape index (κ2) is 4.86. The molecule has 1 heterocycles. The highest BCUT2D eigenvalue weighted by Gasteiger charge is 2.35. The van der Waals surface area contributed by atoms with E-state index in [2.05, 4.69) is 18.7 Å². The van der Waals surface area contributed by atoms with Crippen molar-refractivity contribution >= 4 is 0 Å². The highest BCUT2D eigenvalue weighted by molar-refractivity contribution is 5.35. The lowest BCUT2D eigenvalue weighted by Gasteiger charge is -2.45. The Morgan fingerprint density at radius 2 is 2.17 bits per heavy atom. The van der Waals surface area contributed by atoms with Crippen LogP contribution in [0, 0.1) is 5.82 Å². The summed E-state index contributed by atoms with van der Waals surface area (Å²) < 4.78 is 18.8. The van der Waals surface area contributed by atoms with E-state index < -0.39 is 0 Å². The van der Waals surface area contributed by atoms with Gasteiger partial charge in [0.05, 0.1) is 13.2 Å². The molecule has 18 heavy (non-hydrogen) atoms. The van der Waals surface area contributed by atoms with E-state index in [1.807, 2.05) is 6.92 Å². The fourth-order valence-corrected chi connectivity index (χ4v) is 2.62. The second-order valence-corrected chi connectivity index (χ2v) is 5.44. The average Bonchev–Trinajstić information content (AvgIpc) is 2.31. The average molecular weight is 253 g/mol. The van der Waals surface area contributed by atoms with E-state index in [1.165, 1.54) is 18.2 Å². The molecule has 1 saturated heterocycles.